The van der Waals surface area contributed by atoms with E-state index in [9.17, 15) is 4.79 Å². The van der Waals surface area contributed by atoms with Gasteiger partial charge in [-0.25, -0.2) is 0 Å². The molecule has 0 spiro atoms. The van der Waals surface area contributed by atoms with Crippen LogP contribution in [0.25, 0.3) is 0 Å². The quantitative estimate of drug-likeness (QED) is 0.900. The predicted molar refractivity (Wildman–Crippen MR) is 82.7 cm³/mol. The number of halogens is 2. The number of nitrogens with one attached hydrogen (secondary N) is 1. The molecule has 3 nitrogen and oxygen atoms in total. The van der Waals surface area contributed by atoms with Crippen LogP contribution in [0.2, 0.25) is 5.02 Å². The van der Waals surface area contributed by atoms with Gasteiger partial charge in [-0.1, -0.05) is 24.4 Å². The summed E-state index contributed by atoms with van der Waals surface area (Å²) >= 11 is 9.39. The summed E-state index contributed by atoms with van der Waals surface area (Å²) in [4.78, 5) is 14.1. The fourth-order valence-corrected chi connectivity index (χ4v) is 2.79. The zero-order valence-corrected chi connectivity index (χ0v) is 13.1. The van der Waals surface area contributed by atoms with Crippen molar-refractivity contribution >= 4 is 39.1 Å². The Labute approximate surface area is 127 Å². The van der Waals surface area contributed by atoms with E-state index in [-0.39, 0.29) is 5.91 Å². The van der Waals surface area contributed by atoms with Crippen LogP contribution in [-0.4, -0.2) is 30.4 Å². The number of anilines is 1. The van der Waals surface area contributed by atoms with Crippen molar-refractivity contribution in [2.45, 2.75) is 25.7 Å². The molecule has 1 saturated heterocycles. The van der Waals surface area contributed by atoms with Gasteiger partial charge in [-0.05, 0) is 47.0 Å². The molecule has 1 fully saturated rings. The molecule has 1 aromatic carbocycles. The van der Waals surface area contributed by atoms with E-state index in [0.717, 1.165) is 36.1 Å². The molecule has 1 aliphatic heterocycles. The molecular formula is C14H18BrClN2O. The second-order valence-electron chi connectivity index (χ2n) is 4.77. The summed E-state index contributed by atoms with van der Waals surface area (Å²) in [6, 6.07) is 5.51. The van der Waals surface area contributed by atoms with Gasteiger partial charge >= 0.3 is 0 Å². The average Bonchev–Trinajstić information content (AvgIpc) is 2.68. The maximum Gasteiger partial charge on any atom is 0.241 e. The summed E-state index contributed by atoms with van der Waals surface area (Å²) in [7, 11) is 0. The number of carbonyl (C=O) groups is 1. The van der Waals surface area contributed by atoms with Crippen molar-refractivity contribution in [3.63, 3.8) is 0 Å². The largest absolute Gasteiger partial charge is 0.375 e. The van der Waals surface area contributed by atoms with Crippen molar-refractivity contribution in [1.82, 2.24) is 4.90 Å². The number of hydrogen-bond donors (Lipinski definition) is 1. The van der Waals surface area contributed by atoms with Gasteiger partial charge in [0.05, 0.1) is 12.2 Å². The predicted octanol–water partition coefficient (Wildman–Crippen LogP) is 3.92. The normalized spacial score (nSPS) is 16.0. The van der Waals surface area contributed by atoms with Crippen molar-refractivity contribution in [2.75, 3.05) is 25.0 Å². The standard InChI is InChI=1S/C14H18BrClN2O/c15-12-6-5-11(16)9-13(12)17-10-14(19)18-7-3-1-2-4-8-18/h5-6,9,17H,1-4,7-8,10H2. The highest BCUT2D eigenvalue weighted by Crippen LogP contribution is 2.25. The second-order valence-corrected chi connectivity index (χ2v) is 6.06. The molecule has 0 bridgehead atoms. The molecule has 0 aromatic heterocycles. The first-order valence-electron chi connectivity index (χ1n) is 6.63. The number of carbonyl (C=O) groups excluding carboxylic acids is 1. The van der Waals surface area contributed by atoms with Crippen LogP contribution in [0.1, 0.15) is 25.7 Å². The van der Waals surface area contributed by atoms with Crippen molar-refractivity contribution in [3.8, 4) is 0 Å². The van der Waals surface area contributed by atoms with Crippen molar-refractivity contribution in [2.24, 2.45) is 0 Å². The smallest absolute Gasteiger partial charge is 0.241 e. The Bertz CT molecular complexity index is 445. The zero-order valence-electron chi connectivity index (χ0n) is 10.8. The third-order valence-corrected chi connectivity index (χ3v) is 4.24. The van der Waals surface area contributed by atoms with Gasteiger partial charge < -0.3 is 10.2 Å². The number of benzene rings is 1. The first kappa shape index (κ1) is 14.7. The Balaban J connectivity index is 1.90. The first-order chi connectivity index (χ1) is 9.16. The highest BCUT2D eigenvalue weighted by Gasteiger charge is 2.15. The van der Waals surface area contributed by atoms with E-state index in [1.165, 1.54) is 12.8 Å². The molecule has 104 valence electrons. The summed E-state index contributed by atoms with van der Waals surface area (Å²) in [5.74, 6) is 0.161. The van der Waals surface area contributed by atoms with Crippen LogP contribution in [0, 0.1) is 0 Å². The number of likely N-dealkylation sites (tertiary alicyclic amines) is 1. The fourth-order valence-electron chi connectivity index (χ4n) is 2.24. The average molecular weight is 346 g/mol. The third kappa shape index (κ3) is 4.39. The number of hydrogen-bond acceptors (Lipinski definition) is 2. The van der Waals surface area contributed by atoms with E-state index in [1.807, 2.05) is 23.1 Å². The molecule has 0 atom stereocenters. The zero-order chi connectivity index (χ0) is 13.7. The molecule has 1 amide bonds. The van der Waals surface area contributed by atoms with Crippen LogP contribution in [-0.2, 0) is 4.79 Å². The van der Waals surface area contributed by atoms with E-state index in [2.05, 4.69) is 21.2 Å². The van der Waals surface area contributed by atoms with Crippen LogP contribution >= 0.6 is 27.5 Å². The lowest BCUT2D eigenvalue weighted by Gasteiger charge is -2.21. The molecular weight excluding hydrogens is 328 g/mol. The summed E-state index contributed by atoms with van der Waals surface area (Å²) in [5, 5.41) is 3.81. The Morgan fingerprint density at radius 2 is 1.95 bits per heavy atom. The Morgan fingerprint density at radius 3 is 2.63 bits per heavy atom. The van der Waals surface area contributed by atoms with Gasteiger partial charge in [0, 0.05) is 22.6 Å². The third-order valence-electron chi connectivity index (χ3n) is 3.32. The lowest BCUT2D eigenvalue weighted by Crippen LogP contribution is -2.36. The molecule has 19 heavy (non-hydrogen) atoms. The molecule has 1 aromatic rings. The van der Waals surface area contributed by atoms with Crippen molar-refractivity contribution in [1.29, 1.82) is 0 Å². The minimum absolute atomic E-state index is 0.161. The molecule has 5 heteroatoms. The summed E-state index contributed by atoms with van der Waals surface area (Å²) in [6.07, 6.45) is 4.70. The topological polar surface area (TPSA) is 32.3 Å². The van der Waals surface area contributed by atoms with Crippen LogP contribution < -0.4 is 5.32 Å². The van der Waals surface area contributed by atoms with Gasteiger partial charge in [0.2, 0.25) is 5.91 Å². The lowest BCUT2D eigenvalue weighted by atomic mass is 10.2. The maximum atomic E-state index is 12.1. The van der Waals surface area contributed by atoms with E-state index in [4.69, 9.17) is 11.6 Å². The summed E-state index contributed by atoms with van der Waals surface area (Å²) in [5.41, 5.74) is 0.857. The van der Waals surface area contributed by atoms with Gasteiger partial charge in [-0.3, -0.25) is 4.79 Å². The van der Waals surface area contributed by atoms with Gasteiger partial charge in [-0.2, -0.15) is 0 Å². The molecule has 0 aliphatic carbocycles. The van der Waals surface area contributed by atoms with Gasteiger partial charge in [0.15, 0.2) is 0 Å². The molecule has 1 heterocycles. The highest BCUT2D eigenvalue weighted by molar-refractivity contribution is 9.10. The highest BCUT2D eigenvalue weighted by atomic mass is 79.9. The van der Waals surface area contributed by atoms with E-state index < -0.39 is 0 Å². The Kier molecular flexibility index (Phi) is 5.52. The molecule has 0 radical (unpaired) electrons. The van der Waals surface area contributed by atoms with Gasteiger partial charge in [0.25, 0.3) is 0 Å². The van der Waals surface area contributed by atoms with E-state index in [1.54, 1.807) is 0 Å². The first-order valence-corrected chi connectivity index (χ1v) is 7.80. The molecule has 2 rings (SSSR count). The molecule has 0 unspecified atom stereocenters. The maximum absolute atomic E-state index is 12.1. The Hall–Kier alpha value is -0.740. The minimum Gasteiger partial charge on any atom is -0.375 e. The summed E-state index contributed by atoms with van der Waals surface area (Å²) < 4.78 is 0.917. The number of amides is 1. The minimum atomic E-state index is 0.161. The monoisotopic (exact) mass is 344 g/mol. The SMILES string of the molecule is O=C(CNc1cc(Cl)ccc1Br)N1CCCCCC1. The van der Waals surface area contributed by atoms with Crippen LogP contribution in [0.3, 0.4) is 0 Å². The van der Waals surface area contributed by atoms with Gasteiger partial charge in [-0.15, -0.1) is 0 Å². The van der Waals surface area contributed by atoms with Gasteiger partial charge in [0.1, 0.15) is 0 Å². The molecule has 1 aliphatic rings. The summed E-state index contributed by atoms with van der Waals surface area (Å²) in [6.45, 7) is 2.09. The second kappa shape index (κ2) is 7.15. The molecule has 1 N–H and O–H groups in total. The molecule has 0 saturated carbocycles. The lowest BCUT2D eigenvalue weighted by molar-refractivity contribution is -0.129. The van der Waals surface area contributed by atoms with Crippen LogP contribution in [0.4, 0.5) is 5.69 Å². The van der Waals surface area contributed by atoms with Crippen LogP contribution in [0.15, 0.2) is 22.7 Å². The van der Waals surface area contributed by atoms with Crippen LogP contribution in [0.5, 0.6) is 0 Å². The van der Waals surface area contributed by atoms with E-state index in [0.29, 0.717) is 11.6 Å². The van der Waals surface area contributed by atoms with Crippen molar-refractivity contribution < 1.29 is 4.79 Å². The number of rotatable bonds is 3. The fraction of sp³-hybridized carbons (Fsp3) is 0.500. The van der Waals surface area contributed by atoms with Crippen molar-refractivity contribution in [3.05, 3.63) is 27.7 Å². The number of nitrogens with zero attached hydrogens (tertiary/aromatic N) is 1. The van der Waals surface area contributed by atoms with E-state index >= 15 is 0 Å². The Morgan fingerprint density at radius 1 is 1.26 bits per heavy atom.